The van der Waals surface area contributed by atoms with Crippen molar-refractivity contribution in [3.8, 4) is 0 Å². The van der Waals surface area contributed by atoms with E-state index in [1.807, 2.05) is 24.3 Å². The van der Waals surface area contributed by atoms with Gasteiger partial charge in [-0.05, 0) is 30.5 Å². The summed E-state index contributed by atoms with van der Waals surface area (Å²) >= 11 is 3.36. The second-order valence-corrected chi connectivity index (χ2v) is 4.77. The fraction of sp³-hybridized carbons (Fsp3) is 0.333. The van der Waals surface area contributed by atoms with E-state index in [2.05, 4.69) is 15.9 Å². The Kier molecular flexibility index (Phi) is 3.00. The number of ketones is 2. The van der Waals surface area contributed by atoms with Crippen molar-refractivity contribution in [2.45, 2.75) is 19.3 Å². The van der Waals surface area contributed by atoms with E-state index in [9.17, 15) is 9.59 Å². The van der Waals surface area contributed by atoms with Crippen LogP contribution in [0.25, 0.3) is 0 Å². The van der Waals surface area contributed by atoms with Gasteiger partial charge in [-0.15, -0.1) is 0 Å². The largest absolute Gasteiger partial charge is 0.291 e. The molecule has 1 aliphatic carbocycles. The predicted molar refractivity (Wildman–Crippen MR) is 60.6 cm³/mol. The number of carbonyl (C=O) groups is 2. The Labute approximate surface area is 96.8 Å². The summed E-state index contributed by atoms with van der Waals surface area (Å²) in [5, 5.41) is 0. The molecule has 0 amide bonds. The molecule has 1 unspecified atom stereocenters. The summed E-state index contributed by atoms with van der Waals surface area (Å²) in [7, 11) is 0. The predicted octanol–water partition coefficient (Wildman–Crippen LogP) is 2.54. The van der Waals surface area contributed by atoms with Crippen LogP contribution in [0.2, 0.25) is 0 Å². The van der Waals surface area contributed by atoms with Crippen LogP contribution in [0.5, 0.6) is 0 Å². The van der Waals surface area contributed by atoms with Crippen molar-refractivity contribution in [1.29, 1.82) is 0 Å². The van der Waals surface area contributed by atoms with E-state index in [0.717, 1.165) is 10.0 Å². The Morgan fingerprint density at radius 1 is 1.20 bits per heavy atom. The molecule has 0 aliphatic heterocycles. The Morgan fingerprint density at radius 3 is 2.40 bits per heavy atom. The maximum Gasteiger partial charge on any atom is 0.201 e. The van der Waals surface area contributed by atoms with Crippen LogP contribution in [-0.4, -0.2) is 11.6 Å². The highest BCUT2D eigenvalue weighted by Crippen LogP contribution is 2.23. The van der Waals surface area contributed by atoms with Crippen molar-refractivity contribution in [2.75, 3.05) is 0 Å². The summed E-state index contributed by atoms with van der Waals surface area (Å²) in [4.78, 5) is 22.5. The van der Waals surface area contributed by atoms with E-state index in [1.54, 1.807) is 0 Å². The lowest BCUT2D eigenvalue weighted by Crippen LogP contribution is -2.15. The van der Waals surface area contributed by atoms with Gasteiger partial charge < -0.3 is 0 Å². The summed E-state index contributed by atoms with van der Waals surface area (Å²) in [6.07, 6.45) is 1.84. The normalized spacial score (nSPS) is 21.0. The van der Waals surface area contributed by atoms with Crippen molar-refractivity contribution < 1.29 is 9.59 Å². The zero-order chi connectivity index (χ0) is 10.8. The van der Waals surface area contributed by atoms with Crippen molar-refractivity contribution in [2.24, 2.45) is 5.92 Å². The van der Waals surface area contributed by atoms with Crippen LogP contribution in [0.1, 0.15) is 18.4 Å². The highest BCUT2D eigenvalue weighted by molar-refractivity contribution is 9.10. The van der Waals surface area contributed by atoms with E-state index in [4.69, 9.17) is 0 Å². The Bertz CT molecular complexity index is 395. The zero-order valence-corrected chi connectivity index (χ0v) is 9.79. The first-order chi connectivity index (χ1) is 7.16. The molecule has 2 rings (SSSR count). The third-order valence-corrected chi connectivity index (χ3v) is 3.29. The molecule has 0 N–H and O–H groups in total. The molecule has 1 fully saturated rings. The van der Waals surface area contributed by atoms with Crippen LogP contribution < -0.4 is 0 Å². The van der Waals surface area contributed by atoms with Gasteiger partial charge in [0.1, 0.15) is 0 Å². The molecule has 0 spiro atoms. The average Bonchev–Trinajstić information content (AvgIpc) is 2.53. The number of rotatable bonds is 2. The molecule has 1 aromatic carbocycles. The van der Waals surface area contributed by atoms with Crippen molar-refractivity contribution in [3.05, 3.63) is 34.3 Å². The van der Waals surface area contributed by atoms with Crippen LogP contribution in [0.15, 0.2) is 28.7 Å². The molecule has 1 atom stereocenters. The number of benzene rings is 1. The first-order valence-corrected chi connectivity index (χ1v) is 5.77. The van der Waals surface area contributed by atoms with Crippen LogP contribution >= 0.6 is 15.9 Å². The summed E-state index contributed by atoms with van der Waals surface area (Å²) < 4.78 is 1.03. The third-order valence-electron chi connectivity index (χ3n) is 2.76. The molecule has 0 aromatic heterocycles. The Hall–Kier alpha value is -0.960. The minimum Gasteiger partial charge on any atom is -0.291 e. The smallest absolute Gasteiger partial charge is 0.201 e. The minimum absolute atomic E-state index is 0.0846. The van der Waals surface area contributed by atoms with Gasteiger partial charge in [0.2, 0.25) is 5.78 Å². The Balaban J connectivity index is 2.06. The van der Waals surface area contributed by atoms with Gasteiger partial charge in [0.05, 0.1) is 0 Å². The third kappa shape index (κ3) is 2.34. The van der Waals surface area contributed by atoms with Gasteiger partial charge in [-0.25, -0.2) is 0 Å². The molecule has 15 heavy (non-hydrogen) atoms. The SMILES string of the molecule is O=C1CCC(Cc2ccc(Br)cc2)C1=O. The lowest BCUT2D eigenvalue weighted by atomic mass is 9.97. The van der Waals surface area contributed by atoms with Gasteiger partial charge >= 0.3 is 0 Å². The molecule has 1 aliphatic rings. The van der Waals surface area contributed by atoms with Crippen LogP contribution in [-0.2, 0) is 16.0 Å². The summed E-state index contributed by atoms with van der Waals surface area (Å²) in [6.45, 7) is 0. The molecular formula is C12H11BrO2. The van der Waals surface area contributed by atoms with Crippen molar-refractivity contribution >= 4 is 27.5 Å². The fourth-order valence-electron chi connectivity index (χ4n) is 1.89. The molecule has 2 nitrogen and oxygen atoms in total. The van der Waals surface area contributed by atoms with Gasteiger partial charge in [-0.1, -0.05) is 28.1 Å². The van der Waals surface area contributed by atoms with Crippen molar-refractivity contribution in [1.82, 2.24) is 0 Å². The maximum absolute atomic E-state index is 11.4. The van der Waals surface area contributed by atoms with Crippen LogP contribution in [0.4, 0.5) is 0 Å². The molecule has 1 saturated carbocycles. The zero-order valence-electron chi connectivity index (χ0n) is 8.20. The highest BCUT2D eigenvalue weighted by Gasteiger charge is 2.31. The number of hydrogen-bond acceptors (Lipinski definition) is 2. The minimum atomic E-state index is -0.197. The molecule has 1 aromatic rings. The van der Waals surface area contributed by atoms with E-state index in [-0.39, 0.29) is 17.5 Å². The monoisotopic (exact) mass is 266 g/mol. The molecular weight excluding hydrogens is 256 g/mol. The first-order valence-electron chi connectivity index (χ1n) is 4.98. The van der Waals surface area contributed by atoms with E-state index in [1.165, 1.54) is 0 Å². The van der Waals surface area contributed by atoms with Gasteiger partial charge in [-0.2, -0.15) is 0 Å². The summed E-state index contributed by atoms with van der Waals surface area (Å²) in [5.74, 6) is -0.464. The van der Waals surface area contributed by atoms with Crippen LogP contribution in [0.3, 0.4) is 0 Å². The second kappa shape index (κ2) is 4.27. The quantitative estimate of drug-likeness (QED) is 0.771. The standard InChI is InChI=1S/C12H11BrO2/c13-10-4-1-8(2-5-10)7-9-3-6-11(14)12(9)15/h1-2,4-5,9H,3,6-7H2. The number of Topliss-reactive ketones (excluding diaryl/α,β-unsaturated/α-hetero) is 2. The molecule has 0 bridgehead atoms. The van der Waals surface area contributed by atoms with Crippen LogP contribution in [0, 0.1) is 5.92 Å². The van der Waals surface area contributed by atoms with E-state index >= 15 is 0 Å². The number of carbonyl (C=O) groups excluding carboxylic acids is 2. The Morgan fingerprint density at radius 2 is 1.87 bits per heavy atom. The number of halogens is 1. The van der Waals surface area contributed by atoms with Gasteiger partial charge in [0, 0.05) is 16.8 Å². The number of hydrogen-bond donors (Lipinski definition) is 0. The average molecular weight is 267 g/mol. The lowest BCUT2D eigenvalue weighted by Gasteiger charge is -2.06. The summed E-state index contributed by atoms with van der Waals surface area (Å²) in [5.41, 5.74) is 1.12. The maximum atomic E-state index is 11.4. The van der Waals surface area contributed by atoms with Gasteiger partial charge in [0.15, 0.2) is 5.78 Å². The van der Waals surface area contributed by atoms with E-state index < -0.39 is 0 Å². The van der Waals surface area contributed by atoms with Gasteiger partial charge in [-0.3, -0.25) is 9.59 Å². The topological polar surface area (TPSA) is 34.1 Å². The molecule has 78 valence electrons. The lowest BCUT2D eigenvalue weighted by molar-refractivity contribution is -0.135. The molecule has 3 heteroatoms. The van der Waals surface area contributed by atoms with Gasteiger partial charge in [0.25, 0.3) is 0 Å². The highest BCUT2D eigenvalue weighted by atomic mass is 79.9. The fourth-order valence-corrected chi connectivity index (χ4v) is 2.15. The van der Waals surface area contributed by atoms with E-state index in [0.29, 0.717) is 19.3 Å². The first kappa shape index (κ1) is 10.6. The summed E-state index contributed by atoms with van der Waals surface area (Å²) in [6, 6.07) is 7.88. The molecule has 0 heterocycles. The molecule has 0 radical (unpaired) electrons. The van der Waals surface area contributed by atoms with Crippen molar-refractivity contribution in [3.63, 3.8) is 0 Å². The molecule has 0 saturated heterocycles. The second-order valence-electron chi connectivity index (χ2n) is 3.85.